The van der Waals surface area contributed by atoms with Gasteiger partial charge in [0.2, 0.25) is 17.7 Å². The fourth-order valence-electron chi connectivity index (χ4n) is 3.84. The van der Waals surface area contributed by atoms with Crippen molar-refractivity contribution >= 4 is 23.4 Å². The van der Waals surface area contributed by atoms with Gasteiger partial charge >= 0.3 is 0 Å². The van der Waals surface area contributed by atoms with Gasteiger partial charge in [0.15, 0.2) is 5.78 Å². The molecule has 3 aromatic rings. The molecule has 178 valence electrons. The Hall–Kier alpha value is -4.27. The van der Waals surface area contributed by atoms with Gasteiger partial charge in [-0.1, -0.05) is 48.5 Å². The lowest BCUT2D eigenvalue weighted by Gasteiger charge is -2.32. The van der Waals surface area contributed by atoms with Crippen LogP contribution in [0.4, 0.5) is 5.82 Å². The van der Waals surface area contributed by atoms with E-state index in [0.717, 1.165) is 18.4 Å². The van der Waals surface area contributed by atoms with Gasteiger partial charge in [-0.05, 0) is 30.9 Å². The van der Waals surface area contributed by atoms with E-state index in [1.54, 1.807) is 30.3 Å². The van der Waals surface area contributed by atoms with Crippen molar-refractivity contribution in [1.29, 1.82) is 0 Å². The van der Waals surface area contributed by atoms with Crippen LogP contribution in [-0.4, -0.2) is 40.4 Å². The van der Waals surface area contributed by atoms with E-state index in [1.165, 1.54) is 12.4 Å². The first-order valence-electron chi connectivity index (χ1n) is 11.5. The molecule has 5 rings (SSSR count). The zero-order chi connectivity index (χ0) is 24.2. The lowest BCUT2D eigenvalue weighted by atomic mass is 9.94. The second kappa shape index (κ2) is 9.92. The van der Waals surface area contributed by atoms with Crippen LogP contribution in [0, 0.1) is 11.8 Å². The van der Waals surface area contributed by atoms with Crippen molar-refractivity contribution < 1.29 is 23.9 Å². The minimum absolute atomic E-state index is 0.0270. The summed E-state index contributed by atoms with van der Waals surface area (Å²) < 4.78 is 12.0. The number of Topliss-reactive ketones (excluding diaryl/α,β-unsaturated/α-hetero) is 1. The molecule has 0 radical (unpaired) electrons. The Balaban J connectivity index is 1.30. The zero-order valence-electron chi connectivity index (χ0n) is 18.8. The van der Waals surface area contributed by atoms with Gasteiger partial charge in [0.25, 0.3) is 6.29 Å². The van der Waals surface area contributed by atoms with Crippen LogP contribution < -0.4 is 20.1 Å². The Morgan fingerprint density at radius 2 is 1.74 bits per heavy atom. The zero-order valence-corrected chi connectivity index (χ0v) is 18.8. The summed E-state index contributed by atoms with van der Waals surface area (Å²) in [5.41, 5.74) is 1.38. The molecule has 1 fully saturated rings. The number of fused-ring (bicyclic) bond motifs is 1. The first-order chi connectivity index (χ1) is 17.1. The molecule has 2 unspecified atom stereocenters. The lowest BCUT2D eigenvalue weighted by Crippen LogP contribution is -2.47. The number of rotatable bonds is 8. The minimum atomic E-state index is -0.987. The Kier molecular flexibility index (Phi) is 6.38. The maximum Gasteiger partial charge on any atom is 0.254 e. The van der Waals surface area contributed by atoms with Gasteiger partial charge in [0.05, 0.1) is 6.54 Å². The summed E-state index contributed by atoms with van der Waals surface area (Å²) in [5, 5.41) is 5.47. The van der Waals surface area contributed by atoms with Crippen molar-refractivity contribution in [3.63, 3.8) is 0 Å². The number of hydrogen-bond acceptors (Lipinski definition) is 7. The van der Waals surface area contributed by atoms with Crippen molar-refractivity contribution in [2.75, 3.05) is 11.9 Å². The van der Waals surface area contributed by atoms with Gasteiger partial charge in [-0.3, -0.25) is 14.4 Å². The van der Waals surface area contributed by atoms with E-state index in [0.29, 0.717) is 23.6 Å². The van der Waals surface area contributed by atoms with Crippen molar-refractivity contribution in [2.24, 2.45) is 11.8 Å². The van der Waals surface area contributed by atoms with Gasteiger partial charge in [-0.15, -0.1) is 0 Å². The number of para-hydroxylation sites is 1. The third-order valence-electron chi connectivity index (χ3n) is 5.92. The smallest absolute Gasteiger partial charge is 0.254 e. The van der Waals surface area contributed by atoms with Crippen molar-refractivity contribution in [1.82, 2.24) is 15.3 Å². The third-order valence-corrected chi connectivity index (χ3v) is 5.92. The monoisotopic (exact) mass is 472 g/mol. The summed E-state index contributed by atoms with van der Waals surface area (Å²) in [6.07, 6.45) is 2.40. The summed E-state index contributed by atoms with van der Waals surface area (Å²) in [7, 11) is 0. The number of carbonyl (C=O) groups excluding carboxylic acids is 3. The van der Waals surface area contributed by atoms with E-state index in [-0.39, 0.29) is 35.9 Å². The molecule has 1 aromatic heterocycles. The predicted octanol–water partition coefficient (Wildman–Crippen LogP) is 2.78. The molecule has 2 aromatic carbocycles. The Morgan fingerprint density at radius 1 is 0.971 bits per heavy atom. The van der Waals surface area contributed by atoms with E-state index in [1.807, 2.05) is 24.3 Å². The molecule has 35 heavy (non-hydrogen) atoms. The summed E-state index contributed by atoms with van der Waals surface area (Å²) in [6.45, 7) is -0.140. The SMILES string of the molecule is O=C(CNC(=O)C1Cc2ccccc2OC1Oc1cc(NC(=O)C2CC2)ncn1)c1ccccc1. The van der Waals surface area contributed by atoms with E-state index in [4.69, 9.17) is 9.47 Å². The average Bonchev–Trinajstić information content (AvgIpc) is 3.73. The standard InChI is InChI=1S/C26H24N4O5/c31-20(16-6-2-1-3-7-16)14-27-25(33)19-12-18-8-4-5-9-21(18)34-26(19)35-23-13-22(28-15-29-23)30-24(32)17-10-11-17/h1-9,13,15,17,19,26H,10-12,14H2,(H,27,33)(H,28,29,30,32). The lowest BCUT2D eigenvalue weighted by molar-refractivity contribution is -0.137. The molecule has 0 spiro atoms. The van der Waals surface area contributed by atoms with Crippen LogP contribution in [0.5, 0.6) is 11.6 Å². The molecular formula is C26H24N4O5. The number of nitrogens with one attached hydrogen (secondary N) is 2. The second-order valence-electron chi connectivity index (χ2n) is 8.53. The van der Waals surface area contributed by atoms with Gasteiger partial charge in [-0.2, -0.15) is 0 Å². The highest BCUT2D eigenvalue weighted by molar-refractivity contribution is 5.99. The van der Waals surface area contributed by atoms with Crippen molar-refractivity contribution in [3.05, 3.63) is 78.1 Å². The number of amides is 2. The highest BCUT2D eigenvalue weighted by Gasteiger charge is 2.37. The van der Waals surface area contributed by atoms with E-state index < -0.39 is 12.2 Å². The quantitative estimate of drug-likeness (QED) is 0.484. The number of hydrogen-bond donors (Lipinski definition) is 2. The van der Waals surface area contributed by atoms with Crippen LogP contribution in [0.25, 0.3) is 0 Å². The molecule has 2 aliphatic rings. The van der Waals surface area contributed by atoms with Crippen molar-refractivity contribution in [3.8, 4) is 11.6 Å². The number of carbonyl (C=O) groups is 3. The van der Waals surface area contributed by atoms with Crippen LogP contribution >= 0.6 is 0 Å². The van der Waals surface area contributed by atoms with E-state index >= 15 is 0 Å². The summed E-state index contributed by atoms with van der Waals surface area (Å²) in [6, 6.07) is 17.7. The largest absolute Gasteiger partial charge is 0.454 e. The average molecular weight is 473 g/mol. The van der Waals surface area contributed by atoms with Crippen molar-refractivity contribution in [2.45, 2.75) is 25.6 Å². The van der Waals surface area contributed by atoms with Crippen LogP contribution in [0.2, 0.25) is 0 Å². The maximum atomic E-state index is 13.1. The fourth-order valence-corrected chi connectivity index (χ4v) is 3.84. The first kappa shape index (κ1) is 22.5. The summed E-state index contributed by atoms with van der Waals surface area (Å²) in [4.78, 5) is 45.8. The van der Waals surface area contributed by atoms with Crippen LogP contribution in [-0.2, 0) is 16.0 Å². The Morgan fingerprint density at radius 3 is 2.54 bits per heavy atom. The number of nitrogens with zero attached hydrogens (tertiary/aromatic N) is 2. The topological polar surface area (TPSA) is 120 Å². The first-order valence-corrected chi connectivity index (χ1v) is 11.5. The number of benzene rings is 2. The molecule has 1 saturated carbocycles. The minimum Gasteiger partial charge on any atom is -0.454 e. The molecule has 1 aliphatic carbocycles. The Labute approximate surface area is 201 Å². The van der Waals surface area contributed by atoms with Gasteiger partial charge in [0.1, 0.15) is 23.8 Å². The number of aromatic nitrogens is 2. The number of ketones is 1. The normalized spacial score (nSPS) is 18.5. The molecule has 1 aliphatic heterocycles. The molecule has 0 bridgehead atoms. The van der Waals surface area contributed by atoms with Gasteiger partial charge in [0, 0.05) is 17.5 Å². The fraction of sp³-hybridized carbons (Fsp3) is 0.269. The molecule has 0 saturated heterocycles. The van der Waals surface area contributed by atoms with Crippen LogP contribution in [0.1, 0.15) is 28.8 Å². The molecule has 2 amide bonds. The highest BCUT2D eigenvalue weighted by Crippen LogP contribution is 2.33. The van der Waals surface area contributed by atoms with Gasteiger partial charge < -0.3 is 20.1 Å². The van der Waals surface area contributed by atoms with E-state index in [9.17, 15) is 14.4 Å². The predicted molar refractivity (Wildman–Crippen MR) is 126 cm³/mol. The second-order valence-corrected chi connectivity index (χ2v) is 8.53. The number of anilines is 1. The molecule has 2 heterocycles. The van der Waals surface area contributed by atoms with E-state index in [2.05, 4.69) is 20.6 Å². The molecule has 9 nitrogen and oxygen atoms in total. The molecule has 9 heteroatoms. The maximum absolute atomic E-state index is 13.1. The third kappa shape index (κ3) is 5.46. The number of ether oxygens (including phenoxy) is 2. The Bertz CT molecular complexity index is 1250. The van der Waals surface area contributed by atoms with Gasteiger partial charge in [-0.25, -0.2) is 9.97 Å². The molecule has 2 N–H and O–H groups in total. The summed E-state index contributed by atoms with van der Waals surface area (Å²) in [5.74, 6) is -0.264. The summed E-state index contributed by atoms with van der Waals surface area (Å²) >= 11 is 0. The molecule has 2 atom stereocenters. The van der Waals surface area contributed by atoms with Crippen LogP contribution in [0.15, 0.2) is 67.0 Å². The molecular weight excluding hydrogens is 448 g/mol. The van der Waals surface area contributed by atoms with Crippen LogP contribution in [0.3, 0.4) is 0 Å². The highest BCUT2D eigenvalue weighted by atomic mass is 16.7.